The highest BCUT2D eigenvalue weighted by Gasteiger charge is 2.37. The summed E-state index contributed by atoms with van der Waals surface area (Å²) in [7, 11) is -1.86. The number of carbonyl (C=O) groups is 1. The SMILES string of the molecule is C=C(C(C)=O)C(O)CO[Si](C)(C)C(C)(C)C. The van der Waals surface area contributed by atoms with Crippen LogP contribution >= 0.6 is 0 Å². The van der Waals surface area contributed by atoms with Crippen molar-refractivity contribution in [1.82, 2.24) is 0 Å². The molecule has 0 aromatic heterocycles. The second kappa shape index (κ2) is 5.25. The first-order valence-electron chi connectivity index (χ1n) is 5.51. The Morgan fingerprint density at radius 2 is 1.88 bits per heavy atom. The fraction of sp³-hybridized carbons (Fsp3) is 0.750. The summed E-state index contributed by atoms with van der Waals surface area (Å²) in [6, 6.07) is 0. The van der Waals surface area contributed by atoms with Crippen molar-refractivity contribution in [1.29, 1.82) is 0 Å². The maximum Gasteiger partial charge on any atom is 0.192 e. The van der Waals surface area contributed by atoms with Crippen molar-refractivity contribution in [2.75, 3.05) is 6.61 Å². The molecule has 0 amide bonds. The molecule has 94 valence electrons. The molecule has 0 radical (unpaired) electrons. The largest absolute Gasteiger partial charge is 0.414 e. The number of Topliss-reactive ketones (excluding diaryl/α,β-unsaturated/α-hetero) is 1. The minimum absolute atomic E-state index is 0.101. The molecular formula is C12H24O3Si. The number of carbonyl (C=O) groups excluding carboxylic acids is 1. The van der Waals surface area contributed by atoms with Gasteiger partial charge in [-0.1, -0.05) is 27.4 Å². The zero-order chi connectivity index (χ0) is 13.1. The number of aliphatic hydroxyl groups is 1. The molecule has 3 nitrogen and oxygen atoms in total. The van der Waals surface area contributed by atoms with Crippen LogP contribution < -0.4 is 0 Å². The molecule has 4 heteroatoms. The van der Waals surface area contributed by atoms with E-state index in [1.807, 2.05) is 0 Å². The minimum atomic E-state index is -1.86. The van der Waals surface area contributed by atoms with Crippen LogP contribution in [0.5, 0.6) is 0 Å². The second-order valence-electron chi connectivity index (χ2n) is 5.67. The number of aliphatic hydroxyl groups excluding tert-OH is 1. The third-order valence-electron chi connectivity index (χ3n) is 3.26. The van der Waals surface area contributed by atoms with Gasteiger partial charge >= 0.3 is 0 Å². The highest BCUT2D eigenvalue weighted by molar-refractivity contribution is 6.74. The fourth-order valence-corrected chi connectivity index (χ4v) is 1.85. The van der Waals surface area contributed by atoms with Crippen LogP contribution in [0.4, 0.5) is 0 Å². The molecule has 0 aromatic rings. The Kier molecular flexibility index (Phi) is 5.10. The first-order valence-corrected chi connectivity index (χ1v) is 8.41. The first kappa shape index (κ1) is 15.5. The van der Waals surface area contributed by atoms with Gasteiger partial charge in [-0.3, -0.25) is 4.79 Å². The Labute approximate surface area is 99.6 Å². The van der Waals surface area contributed by atoms with E-state index in [1.165, 1.54) is 6.92 Å². The van der Waals surface area contributed by atoms with Crippen molar-refractivity contribution < 1.29 is 14.3 Å². The summed E-state index contributed by atoms with van der Waals surface area (Å²) in [5.74, 6) is -0.189. The summed E-state index contributed by atoms with van der Waals surface area (Å²) in [5, 5.41) is 9.80. The Morgan fingerprint density at radius 3 is 2.19 bits per heavy atom. The molecule has 0 fully saturated rings. The summed E-state index contributed by atoms with van der Waals surface area (Å²) >= 11 is 0. The van der Waals surface area contributed by atoms with E-state index in [0.717, 1.165) is 0 Å². The van der Waals surface area contributed by atoms with Gasteiger partial charge in [0.1, 0.15) is 6.10 Å². The molecule has 16 heavy (non-hydrogen) atoms. The zero-order valence-corrected chi connectivity index (χ0v) is 12.3. The van der Waals surface area contributed by atoms with Crippen LogP contribution in [-0.4, -0.2) is 31.9 Å². The van der Waals surface area contributed by atoms with Gasteiger partial charge in [0.05, 0.1) is 6.61 Å². The standard InChI is InChI=1S/C12H24O3Si/c1-9(10(2)13)11(14)8-15-16(6,7)12(3,4)5/h11,14H,1,8H2,2-7H3. The molecule has 0 spiro atoms. The minimum Gasteiger partial charge on any atom is -0.414 e. The lowest BCUT2D eigenvalue weighted by atomic mass is 10.1. The molecular weight excluding hydrogens is 220 g/mol. The maximum atomic E-state index is 11.0. The van der Waals surface area contributed by atoms with Crippen LogP contribution in [0.3, 0.4) is 0 Å². The Balaban J connectivity index is 4.36. The van der Waals surface area contributed by atoms with Crippen molar-refractivity contribution >= 4 is 14.1 Å². The topological polar surface area (TPSA) is 46.5 Å². The lowest BCUT2D eigenvalue weighted by Gasteiger charge is -2.36. The van der Waals surface area contributed by atoms with Crippen LogP contribution in [0.25, 0.3) is 0 Å². The van der Waals surface area contributed by atoms with Gasteiger partial charge in [-0.15, -0.1) is 0 Å². The van der Waals surface area contributed by atoms with Gasteiger partial charge in [0.15, 0.2) is 14.1 Å². The van der Waals surface area contributed by atoms with Crippen molar-refractivity contribution in [3.8, 4) is 0 Å². The third kappa shape index (κ3) is 4.20. The molecule has 1 N–H and O–H groups in total. The van der Waals surface area contributed by atoms with E-state index in [4.69, 9.17) is 4.43 Å². The van der Waals surface area contributed by atoms with Crippen molar-refractivity contribution in [2.24, 2.45) is 0 Å². The quantitative estimate of drug-likeness (QED) is 0.597. The number of hydrogen-bond donors (Lipinski definition) is 1. The van der Waals surface area contributed by atoms with Gasteiger partial charge < -0.3 is 9.53 Å². The van der Waals surface area contributed by atoms with E-state index in [2.05, 4.69) is 40.4 Å². The molecule has 0 aliphatic rings. The Hall–Kier alpha value is -0.453. The van der Waals surface area contributed by atoms with Crippen molar-refractivity contribution in [3.05, 3.63) is 12.2 Å². The van der Waals surface area contributed by atoms with Crippen LogP contribution in [-0.2, 0) is 9.22 Å². The van der Waals surface area contributed by atoms with Gasteiger partial charge in [0.2, 0.25) is 0 Å². The molecule has 0 saturated heterocycles. The smallest absolute Gasteiger partial charge is 0.192 e. The maximum absolute atomic E-state index is 11.0. The fourth-order valence-electron chi connectivity index (χ4n) is 0.839. The van der Waals surface area contributed by atoms with Crippen LogP contribution in [0, 0.1) is 0 Å². The molecule has 0 saturated carbocycles. The van der Waals surface area contributed by atoms with Crippen LogP contribution in [0.1, 0.15) is 27.7 Å². The first-order chi connectivity index (χ1) is 6.99. The van der Waals surface area contributed by atoms with Crippen LogP contribution in [0.15, 0.2) is 12.2 Å². The predicted molar refractivity (Wildman–Crippen MR) is 69.0 cm³/mol. The van der Waals surface area contributed by atoms with E-state index in [-0.39, 0.29) is 23.0 Å². The summed E-state index contributed by atoms with van der Waals surface area (Å²) in [6.07, 6.45) is -0.883. The lowest BCUT2D eigenvalue weighted by molar-refractivity contribution is -0.114. The number of hydrogen-bond acceptors (Lipinski definition) is 3. The zero-order valence-electron chi connectivity index (χ0n) is 11.3. The van der Waals surface area contributed by atoms with E-state index in [1.54, 1.807) is 0 Å². The van der Waals surface area contributed by atoms with Crippen molar-refractivity contribution in [3.63, 3.8) is 0 Å². The predicted octanol–water partition coefficient (Wildman–Crippen LogP) is 2.51. The van der Waals surface area contributed by atoms with Gasteiger partial charge in [-0.05, 0) is 25.1 Å². The highest BCUT2D eigenvalue weighted by atomic mass is 28.4. The average Bonchev–Trinajstić information content (AvgIpc) is 2.11. The molecule has 1 unspecified atom stereocenters. The third-order valence-corrected chi connectivity index (χ3v) is 7.76. The summed E-state index contributed by atoms with van der Waals surface area (Å²) in [6.45, 7) is 15.7. The van der Waals surface area contributed by atoms with E-state index < -0.39 is 14.4 Å². The van der Waals surface area contributed by atoms with Gasteiger partial charge in [0, 0.05) is 5.57 Å². The second-order valence-corrected chi connectivity index (χ2v) is 10.5. The molecule has 1 atom stereocenters. The summed E-state index contributed by atoms with van der Waals surface area (Å²) in [5.41, 5.74) is 0.221. The summed E-state index contributed by atoms with van der Waals surface area (Å²) < 4.78 is 5.80. The number of rotatable bonds is 5. The summed E-state index contributed by atoms with van der Waals surface area (Å²) in [4.78, 5) is 11.0. The molecule has 0 bridgehead atoms. The van der Waals surface area contributed by atoms with E-state index in [0.29, 0.717) is 0 Å². The van der Waals surface area contributed by atoms with E-state index >= 15 is 0 Å². The van der Waals surface area contributed by atoms with Gasteiger partial charge in [0.25, 0.3) is 0 Å². The Morgan fingerprint density at radius 1 is 1.44 bits per heavy atom. The molecule has 0 aliphatic heterocycles. The van der Waals surface area contributed by atoms with E-state index in [9.17, 15) is 9.90 Å². The normalized spacial score (nSPS) is 14.7. The van der Waals surface area contributed by atoms with Crippen LogP contribution in [0.2, 0.25) is 18.1 Å². The molecule has 0 heterocycles. The molecule has 0 rings (SSSR count). The molecule has 0 aromatic carbocycles. The van der Waals surface area contributed by atoms with Crippen molar-refractivity contribution in [2.45, 2.75) is 51.9 Å². The highest BCUT2D eigenvalue weighted by Crippen LogP contribution is 2.36. The monoisotopic (exact) mass is 244 g/mol. The van der Waals surface area contributed by atoms with Gasteiger partial charge in [-0.2, -0.15) is 0 Å². The molecule has 0 aliphatic carbocycles. The Bertz CT molecular complexity index is 276. The lowest BCUT2D eigenvalue weighted by Crippen LogP contribution is -2.43. The van der Waals surface area contributed by atoms with Gasteiger partial charge in [-0.25, -0.2) is 0 Å². The number of ketones is 1. The average molecular weight is 244 g/mol.